The van der Waals surface area contributed by atoms with Crippen molar-refractivity contribution in [3.8, 4) is 0 Å². The molecule has 1 aromatic heterocycles. The molecule has 4 nitrogen and oxygen atoms in total. The van der Waals surface area contributed by atoms with Gasteiger partial charge in [-0.25, -0.2) is 17.2 Å². The maximum atomic E-state index is 13.2. The first-order chi connectivity index (χ1) is 10.8. The molecule has 2 aromatic rings. The molecule has 1 aliphatic rings. The lowest BCUT2D eigenvalue weighted by Gasteiger charge is -2.16. The van der Waals surface area contributed by atoms with Crippen molar-refractivity contribution in [2.45, 2.75) is 30.7 Å². The number of halogens is 2. The van der Waals surface area contributed by atoms with Crippen molar-refractivity contribution in [2.24, 2.45) is 5.92 Å². The molecule has 1 aromatic carbocycles. The third-order valence-electron chi connectivity index (χ3n) is 4.08. The fourth-order valence-corrected chi connectivity index (χ4v) is 3.74. The van der Waals surface area contributed by atoms with Gasteiger partial charge in [-0.1, -0.05) is 6.92 Å². The van der Waals surface area contributed by atoms with Crippen molar-refractivity contribution in [1.82, 2.24) is 4.31 Å². The van der Waals surface area contributed by atoms with Gasteiger partial charge in [0.2, 0.25) is 10.0 Å². The maximum absolute atomic E-state index is 13.2. The Morgan fingerprint density at radius 2 is 1.83 bits per heavy atom. The van der Waals surface area contributed by atoms with Crippen LogP contribution in [0.4, 0.5) is 8.78 Å². The molecule has 0 bridgehead atoms. The topological polar surface area (TPSA) is 50.5 Å². The summed E-state index contributed by atoms with van der Waals surface area (Å²) in [6.07, 6.45) is 1.07. The molecule has 0 spiro atoms. The molecule has 2 unspecified atom stereocenters. The van der Waals surface area contributed by atoms with Crippen LogP contribution in [0.2, 0.25) is 0 Å². The van der Waals surface area contributed by atoms with E-state index in [-0.39, 0.29) is 6.54 Å². The number of sulfonamides is 1. The molecule has 0 amide bonds. The summed E-state index contributed by atoms with van der Waals surface area (Å²) in [6, 6.07) is 5.82. The van der Waals surface area contributed by atoms with Crippen molar-refractivity contribution in [2.75, 3.05) is 7.05 Å². The molecular weight excluding hydrogens is 324 g/mol. The number of furan rings is 1. The van der Waals surface area contributed by atoms with Gasteiger partial charge in [0.1, 0.15) is 23.2 Å². The Morgan fingerprint density at radius 3 is 2.39 bits per heavy atom. The Bertz CT molecular complexity index is 811. The summed E-state index contributed by atoms with van der Waals surface area (Å²) >= 11 is 0. The van der Waals surface area contributed by atoms with Crippen LogP contribution < -0.4 is 0 Å². The highest BCUT2D eigenvalue weighted by Gasteiger charge is 2.36. The van der Waals surface area contributed by atoms with Gasteiger partial charge in [-0.15, -0.1) is 0 Å². The van der Waals surface area contributed by atoms with Crippen LogP contribution in [0.3, 0.4) is 0 Å². The molecular formula is C16H17F2NO3S. The zero-order valence-corrected chi connectivity index (χ0v) is 13.6. The van der Waals surface area contributed by atoms with Gasteiger partial charge in [-0.3, -0.25) is 0 Å². The fraction of sp³-hybridized carbons (Fsp3) is 0.375. The average Bonchev–Trinajstić information content (AvgIpc) is 3.01. The lowest BCUT2D eigenvalue weighted by Crippen LogP contribution is -2.26. The van der Waals surface area contributed by atoms with Gasteiger partial charge in [-0.2, -0.15) is 4.31 Å². The maximum Gasteiger partial charge on any atom is 0.243 e. The van der Waals surface area contributed by atoms with Crippen molar-refractivity contribution in [3.05, 3.63) is 53.5 Å². The second kappa shape index (κ2) is 5.72. The van der Waals surface area contributed by atoms with Gasteiger partial charge < -0.3 is 4.42 Å². The van der Waals surface area contributed by atoms with Gasteiger partial charge in [0.05, 0.1) is 11.4 Å². The van der Waals surface area contributed by atoms with Crippen LogP contribution in [0.15, 0.2) is 39.6 Å². The second-order valence-corrected chi connectivity index (χ2v) is 8.03. The summed E-state index contributed by atoms with van der Waals surface area (Å²) in [7, 11) is -2.65. The highest BCUT2D eigenvalue weighted by Crippen LogP contribution is 2.47. The Kier molecular flexibility index (Phi) is 4.01. The Hall–Kier alpha value is -1.73. The third kappa shape index (κ3) is 3.30. The highest BCUT2D eigenvalue weighted by molar-refractivity contribution is 7.89. The van der Waals surface area contributed by atoms with Crippen LogP contribution in [0, 0.1) is 17.6 Å². The minimum absolute atomic E-state index is 0.00155. The predicted octanol–water partition coefficient (Wildman–Crippen LogP) is 3.50. The van der Waals surface area contributed by atoms with E-state index in [4.69, 9.17) is 4.42 Å². The van der Waals surface area contributed by atoms with E-state index in [2.05, 4.69) is 6.92 Å². The lowest BCUT2D eigenvalue weighted by molar-refractivity contribution is 0.389. The van der Waals surface area contributed by atoms with Crippen molar-refractivity contribution in [1.29, 1.82) is 0 Å². The summed E-state index contributed by atoms with van der Waals surface area (Å²) in [5, 5.41) is 0. The summed E-state index contributed by atoms with van der Waals surface area (Å²) in [5.74, 6) is 0.491. The summed E-state index contributed by atoms with van der Waals surface area (Å²) in [4.78, 5) is -0.417. The van der Waals surface area contributed by atoms with Crippen LogP contribution in [-0.2, 0) is 16.6 Å². The van der Waals surface area contributed by atoms with E-state index >= 15 is 0 Å². The molecule has 0 saturated heterocycles. The summed E-state index contributed by atoms with van der Waals surface area (Å²) in [6.45, 7) is 2.13. The molecule has 0 aliphatic heterocycles. The van der Waals surface area contributed by atoms with Gasteiger partial charge in [0, 0.05) is 19.0 Å². The van der Waals surface area contributed by atoms with E-state index in [1.807, 2.05) is 6.07 Å². The zero-order valence-electron chi connectivity index (χ0n) is 12.8. The molecule has 0 N–H and O–H groups in total. The first-order valence-electron chi connectivity index (χ1n) is 7.28. The fourth-order valence-electron chi connectivity index (χ4n) is 2.56. The number of benzene rings is 1. The van der Waals surface area contributed by atoms with Crippen LogP contribution in [0.1, 0.15) is 30.8 Å². The van der Waals surface area contributed by atoms with Gasteiger partial charge in [-0.05, 0) is 36.6 Å². The SMILES string of the molecule is CC1CC1c1ccc(CN(C)S(=O)(=O)c2cc(F)cc(F)c2)o1. The van der Waals surface area contributed by atoms with Crippen LogP contribution in [0.5, 0.6) is 0 Å². The lowest BCUT2D eigenvalue weighted by atomic mass is 10.3. The normalized spacial score (nSPS) is 20.9. The average molecular weight is 341 g/mol. The molecule has 7 heteroatoms. The molecule has 1 fully saturated rings. The highest BCUT2D eigenvalue weighted by atomic mass is 32.2. The van der Waals surface area contributed by atoms with Crippen molar-refractivity contribution >= 4 is 10.0 Å². The molecule has 1 aliphatic carbocycles. The molecule has 2 atom stereocenters. The molecule has 1 heterocycles. The quantitative estimate of drug-likeness (QED) is 0.836. The summed E-state index contributed by atoms with van der Waals surface area (Å²) < 4.78 is 58.0. The third-order valence-corrected chi connectivity index (χ3v) is 5.86. The van der Waals surface area contributed by atoms with Crippen molar-refractivity contribution in [3.63, 3.8) is 0 Å². The molecule has 1 saturated carbocycles. The Morgan fingerprint density at radius 1 is 1.22 bits per heavy atom. The van der Waals surface area contributed by atoms with Crippen molar-refractivity contribution < 1.29 is 21.6 Å². The number of rotatable bonds is 5. The smallest absolute Gasteiger partial charge is 0.243 e. The first-order valence-corrected chi connectivity index (χ1v) is 8.72. The predicted molar refractivity (Wildman–Crippen MR) is 80.2 cm³/mol. The largest absolute Gasteiger partial charge is 0.464 e. The molecule has 124 valence electrons. The minimum atomic E-state index is -3.99. The Balaban J connectivity index is 1.78. The zero-order chi connectivity index (χ0) is 16.8. The van der Waals surface area contributed by atoms with E-state index in [1.165, 1.54) is 7.05 Å². The minimum Gasteiger partial charge on any atom is -0.464 e. The van der Waals surface area contributed by atoms with E-state index < -0.39 is 26.6 Å². The standard InChI is InChI=1S/C16H17F2NO3S/c1-10-5-15(10)16-4-3-13(22-16)9-19(2)23(20,21)14-7-11(17)6-12(18)8-14/h3-4,6-8,10,15H,5,9H2,1-2H3. The van der Waals surface area contributed by atoms with Crippen LogP contribution in [-0.4, -0.2) is 19.8 Å². The van der Waals surface area contributed by atoms with E-state index in [0.29, 0.717) is 23.7 Å². The Labute approximate surface area is 133 Å². The van der Waals surface area contributed by atoms with Gasteiger partial charge in [0.15, 0.2) is 0 Å². The van der Waals surface area contributed by atoms with Gasteiger partial charge in [0.25, 0.3) is 0 Å². The van der Waals surface area contributed by atoms with E-state index in [9.17, 15) is 17.2 Å². The van der Waals surface area contributed by atoms with Crippen LogP contribution >= 0.6 is 0 Å². The molecule has 3 rings (SSSR count). The number of nitrogens with zero attached hydrogens (tertiary/aromatic N) is 1. The summed E-state index contributed by atoms with van der Waals surface area (Å²) in [5.41, 5.74) is 0. The van der Waals surface area contributed by atoms with Crippen LogP contribution in [0.25, 0.3) is 0 Å². The number of hydrogen-bond donors (Lipinski definition) is 0. The molecule has 23 heavy (non-hydrogen) atoms. The van der Waals surface area contributed by atoms with E-state index in [1.54, 1.807) is 6.07 Å². The molecule has 0 radical (unpaired) electrons. The van der Waals surface area contributed by atoms with E-state index in [0.717, 1.165) is 28.6 Å². The monoisotopic (exact) mass is 341 g/mol. The second-order valence-electron chi connectivity index (χ2n) is 5.99. The first kappa shape index (κ1) is 16.1. The number of hydrogen-bond acceptors (Lipinski definition) is 3. The van der Waals surface area contributed by atoms with Gasteiger partial charge >= 0.3 is 0 Å².